The molecule has 1 N–H and O–H groups in total. The summed E-state index contributed by atoms with van der Waals surface area (Å²) in [7, 11) is 0. The van der Waals surface area contributed by atoms with Gasteiger partial charge in [-0.15, -0.1) is 0 Å². The lowest BCUT2D eigenvalue weighted by atomic mass is 9.85. The third kappa shape index (κ3) is 4.73. The van der Waals surface area contributed by atoms with Gasteiger partial charge in [0.1, 0.15) is 0 Å². The Morgan fingerprint density at radius 2 is 1.83 bits per heavy atom. The summed E-state index contributed by atoms with van der Waals surface area (Å²) in [5.41, 5.74) is 0.952. The van der Waals surface area contributed by atoms with Crippen molar-refractivity contribution in [2.75, 3.05) is 6.54 Å². The summed E-state index contributed by atoms with van der Waals surface area (Å²) in [4.78, 5) is 0. The quantitative estimate of drug-likeness (QED) is 0.820. The van der Waals surface area contributed by atoms with Crippen molar-refractivity contribution >= 4 is 0 Å². The van der Waals surface area contributed by atoms with Gasteiger partial charge in [0.15, 0.2) is 11.6 Å². The van der Waals surface area contributed by atoms with E-state index in [-0.39, 0.29) is 11.5 Å². The maximum atomic E-state index is 13.3. The van der Waals surface area contributed by atoms with Gasteiger partial charge in [-0.3, -0.25) is 0 Å². The molecule has 1 aromatic rings. The van der Waals surface area contributed by atoms with E-state index < -0.39 is 11.6 Å². The van der Waals surface area contributed by atoms with Crippen LogP contribution in [0.25, 0.3) is 0 Å². The number of halogens is 2. The molecule has 0 aliphatic heterocycles. The fraction of sp³-hybridized carbons (Fsp3) is 0.600. The Morgan fingerprint density at radius 1 is 1.17 bits per heavy atom. The summed E-state index contributed by atoms with van der Waals surface area (Å²) in [6.07, 6.45) is 1.91. The molecule has 0 aliphatic carbocycles. The molecule has 0 fully saturated rings. The Bertz CT molecular complexity index is 383. The Kier molecular flexibility index (Phi) is 5.27. The van der Waals surface area contributed by atoms with Crippen LogP contribution in [-0.4, -0.2) is 6.54 Å². The molecule has 102 valence electrons. The smallest absolute Gasteiger partial charge is 0.159 e. The van der Waals surface area contributed by atoms with Gasteiger partial charge in [0.2, 0.25) is 0 Å². The van der Waals surface area contributed by atoms with Gasteiger partial charge in [-0.2, -0.15) is 0 Å². The first-order chi connectivity index (χ1) is 8.33. The molecule has 0 bridgehead atoms. The van der Waals surface area contributed by atoms with Crippen LogP contribution in [-0.2, 0) is 0 Å². The van der Waals surface area contributed by atoms with Crippen molar-refractivity contribution in [3.63, 3.8) is 0 Å². The lowest BCUT2D eigenvalue weighted by Gasteiger charge is -2.27. The van der Waals surface area contributed by atoms with Crippen LogP contribution in [0.1, 0.15) is 52.1 Å². The first-order valence-electron chi connectivity index (χ1n) is 6.52. The second-order valence-corrected chi connectivity index (χ2v) is 5.95. The summed E-state index contributed by atoms with van der Waals surface area (Å²) >= 11 is 0. The van der Waals surface area contributed by atoms with Crippen LogP contribution in [0.3, 0.4) is 0 Å². The molecule has 1 aromatic carbocycles. The SMILES string of the molecule is CCCNC(CC(C)(C)C)c1ccc(F)c(F)c1. The van der Waals surface area contributed by atoms with E-state index in [2.05, 4.69) is 33.0 Å². The molecule has 1 unspecified atom stereocenters. The van der Waals surface area contributed by atoms with E-state index >= 15 is 0 Å². The van der Waals surface area contributed by atoms with Crippen molar-refractivity contribution in [2.24, 2.45) is 5.41 Å². The molecule has 1 nitrogen and oxygen atoms in total. The molecule has 0 heterocycles. The highest BCUT2D eigenvalue weighted by Gasteiger charge is 2.20. The van der Waals surface area contributed by atoms with Crippen LogP contribution in [0.5, 0.6) is 0 Å². The summed E-state index contributed by atoms with van der Waals surface area (Å²) in [6.45, 7) is 9.40. The third-order valence-electron chi connectivity index (χ3n) is 2.80. The highest BCUT2D eigenvalue weighted by Crippen LogP contribution is 2.30. The van der Waals surface area contributed by atoms with Crippen molar-refractivity contribution in [3.05, 3.63) is 35.4 Å². The van der Waals surface area contributed by atoms with Crippen LogP contribution in [0, 0.1) is 17.0 Å². The lowest BCUT2D eigenvalue weighted by Crippen LogP contribution is -2.26. The predicted octanol–water partition coefficient (Wildman–Crippen LogP) is 4.44. The molecule has 0 radical (unpaired) electrons. The summed E-state index contributed by atoms with van der Waals surface area (Å²) in [5, 5.41) is 3.40. The van der Waals surface area contributed by atoms with Gasteiger partial charge in [0.05, 0.1) is 0 Å². The fourth-order valence-electron chi connectivity index (χ4n) is 1.97. The molecular formula is C15H23F2N. The molecule has 0 amide bonds. The maximum absolute atomic E-state index is 13.3. The van der Waals surface area contributed by atoms with E-state index in [9.17, 15) is 8.78 Å². The highest BCUT2D eigenvalue weighted by molar-refractivity contribution is 5.21. The van der Waals surface area contributed by atoms with Crippen molar-refractivity contribution in [3.8, 4) is 0 Å². The summed E-state index contributed by atoms with van der Waals surface area (Å²) in [6, 6.07) is 4.24. The van der Waals surface area contributed by atoms with Gasteiger partial charge in [0, 0.05) is 6.04 Å². The van der Waals surface area contributed by atoms with Crippen LogP contribution < -0.4 is 5.32 Å². The van der Waals surface area contributed by atoms with Crippen molar-refractivity contribution in [1.29, 1.82) is 0 Å². The average Bonchev–Trinajstić information content (AvgIpc) is 2.26. The van der Waals surface area contributed by atoms with E-state index in [1.165, 1.54) is 12.1 Å². The van der Waals surface area contributed by atoms with Crippen LogP contribution in [0.2, 0.25) is 0 Å². The molecule has 3 heteroatoms. The van der Waals surface area contributed by atoms with E-state index in [0.29, 0.717) is 0 Å². The van der Waals surface area contributed by atoms with E-state index in [1.54, 1.807) is 6.07 Å². The van der Waals surface area contributed by atoms with Gasteiger partial charge in [-0.1, -0.05) is 33.8 Å². The number of hydrogen-bond donors (Lipinski definition) is 1. The fourth-order valence-corrected chi connectivity index (χ4v) is 1.97. The molecule has 18 heavy (non-hydrogen) atoms. The van der Waals surface area contributed by atoms with Crippen molar-refractivity contribution in [2.45, 2.75) is 46.6 Å². The number of rotatable bonds is 5. The van der Waals surface area contributed by atoms with Crippen LogP contribution in [0.15, 0.2) is 18.2 Å². The molecule has 1 rings (SSSR count). The van der Waals surface area contributed by atoms with E-state index in [4.69, 9.17) is 0 Å². The normalized spacial score (nSPS) is 13.7. The van der Waals surface area contributed by atoms with E-state index in [0.717, 1.165) is 24.9 Å². The molecule has 0 spiro atoms. The first kappa shape index (κ1) is 15.1. The second-order valence-electron chi connectivity index (χ2n) is 5.95. The summed E-state index contributed by atoms with van der Waals surface area (Å²) in [5.74, 6) is -1.56. The monoisotopic (exact) mass is 255 g/mol. The van der Waals surface area contributed by atoms with Gasteiger partial charge < -0.3 is 5.32 Å². The number of benzene rings is 1. The zero-order valence-corrected chi connectivity index (χ0v) is 11.7. The Balaban J connectivity index is 2.90. The van der Waals surface area contributed by atoms with Gasteiger partial charge >= 0.3 is 0 Å². The first-order valence-corrected chi connectivity index (χ1v) is 6.52. The zero-order chi connectivity index (χ0) is 13.8. The van der Waals surface area contributed by atoms with Crippen molar-refractivity contribution in [1.82, 2.24) is 5.32 Å². The largest absolute Gasteiger partial charge is 0.310 e. The topological polar surface area (TPSA) is 12.0 Å². The minimum atomic E-state index is -0.788. The second kappa shape index (κ2) is 6.28. The molecule has 0 aromatic heterocycles. The number of nitrogens with one attached hydrogen (secondary N) is 1. The minimum absolute atomic E-state index is 0.0695. The van der Waals surface area contributed by atoms with E-state index in [1.807, 2.05) is 0 Å². The van der Waals surface area contributed by atoms with Crippen molar-refractivity contribution < 1.29 is 8.78 Å². The predicted molar refractivity (Wildman–Crippen MR) is 71.5 cm³/mol. The summed E-state index contributed by atoms with van der Waals surface area (Å²) < 4.78 is 26.2. The molecule has 0 saturated heterocycles. The Hall–Kier alpha value is -0.960. The molecular weight excluding hydrogens is 232 g/mol. The average molecular weight is 255 g/mol. The minimum Gasteiger partial charge on any atom is -0.310 e. The lowest BCUT2D eigenvalue weighted by molar-refractivity contribution is 0.311. The highest BCUT2D eigenvalue weighted by atomic mass is 19.2. The van der Waals surface area contributed by atoms with Crippen LogP contribution >= 0.6 is 0 Å². The zero-order valence-electron chi connectivity index (χ0n) is 11.7. The Morgan fingerprint density at radius 3 is 2.33 bits per heavy atom. The standard InChI is InChI=1S/C15H23F2N/c1-5-8-18-14(10-15(2,3)4)11-6-7-12(16)13(17)9-11/h6-7,9,14,18H,5,8,10H2,1-4H3. The third-order valence-corrected chi connectivity index (χ3v) is 2.80. The molecule has 1 atom stereocenters. The number of hydrogen-bond acceptors (Lipinski definition) is 1. The molecule has 0 aliphatic rings. The maximum Gasteiger partial charge on any atom is 0.159 e. The van der Waals surface area contributed by atoms with Gasteiger partial charge in [0.25, 0.3) is 0 Å². The Labute approximate surface area is 109 Å². The molecule has 0 saturated carbocycles. The van der Waals surface area contributed by atoms with Gasteiger partial charge in [-0.05, 0) is 42.5 Å². The van der Waals surface area contributed by atoms with Gasteiger partial charge in [-0.25, -0.2) is 8.78 Å². The van der Waals surface area contributed by atoms with Crippen LogP contribution in [0.4, 0.5) is 8.78 Å².